The van der Waals surface area contributed by atoms with Crippen LogP contribution >= 0.6 is 0 Å². The number of carbonyl (C=O) groups excluding carboxylic acids is 2. The average Bonchev–Trinajstić information content (AvgIpc) is 2.46. The normalized spacial score (nSPS) is 33.4. The molecule has 17 heavy (non-hydrogen) atoms. The van der Waals surface area contributed by atoms with Crippen molar-refractivity contribution in [1.82, 2.24) is 9.80 Å². The summed E-state index contributed by atoms with van der Waals surface area (Å²) in [7, 11) is 1.63. The number of rotatable bonds is 1. The summed E-state index contributed by atoms with van der Waals surface area (Å²) in [5.41, 5.74) is -0.115. The third kappa shape index (κ3) is 2.04. The molecule has 3 amide bonds. The van der Waals surface area contributed by atoms with Gasteiger partial charge < -0.3 is 10.0 Å². The van der Waals surface area contributed by atoms with E-state index in [1.807, 2.05) is 0 Å². The third-order valence-electron chi connectivity index (χ3n) is 4.00. The average molecular weight is 240 g/mol. The minimum Gasteiger partial charge on any atom is -0.393 e. The molecule has 1 saturated carbocycles. The molecule has 1 aliphatic heterocycles. The van der Waals surface area contributed by atoms with Crippen molar-refractivity contribution < 1.29 is 14.7 Å². The second-order valence-electron chi connectivity index (χ2n) is 5.83. The minimum absolute atomic E-state index is 0.115. The van der Waals surface area contributed by atoms with E-state index in [9.17, 15) is 14.7 Å². The molecular weight excluding hydrogens is 220 g/mol. The maximum atomic E-state index is 12.0. The van der Waals surface area contributed by atoms with Gasteiger partial charge >= 0.3 is 6.03 Å². The third-order valence-corrected chi connectivity index (χ3v) is 4.00. The number of aliphatic hydroxyl groups is 1. The van der Waals surface area contributed by atoms with Crippen molar-refractivity contribution in [2.45, 2.75) is 45.3 Å². The zero-order chi connectivity index (χ0) is 12.8. The van der Waals surface area contributed by atoms with Gasteiger partial charge in [-0.25, -0.2) is 4.79 Å². The Balaban J connectivity index is 2.25. The fraction of sp³-hybridized carbons (Fsp3) is 0.833. The van der Waals surface area contributed by atoms with E-state index in [0.29, 0.717) is 6.42 Å². The summed E-state index contributed by atoms with van der Waals surface area (Å²) in [6.07, 6.45) is 1.67. The molecule has 2 rings (SSSR count). The van der Waals surface area contributed by atoms with Crippen molar-refractivity contribution >= 4 is 11.9 Å². The Hall–Kier alpha value is -1.10. The van der Waals surface area contributed by atoms with E-state index in [0.717, 1.165) is 12.8 Å². The van der Waals surface area contributed by atoms with E-state index in [2.05, 4.69) is 13.8 Å². The second kappa shape index (κ2) is 3.98. The molecule has 1 heterocycles. The number of imide groups is 1. The molecule has 2 aliphatic rings. The summed E-state index contributed by atoms with van der Waals surface area (Å²) in [5, 5.41) is 9.75. The number of likely N-dealkylation sites (N-methyl/N-ethyl adjacent to an activating group) is 1. The van der Waals surface area contributed by atoms with E-state index < -0.39 is 6.10 Å². The Morgan fingerprint density at radius 1 is 1.35 bits per heavy atom. The molecule has 2 unspecified atom stereocenters. The summed E-state index contributed by atoms with van der Waals surface area (Å²) in [5.74, 6) is -0.148. The van der Waals surface area contributed by atoms with Crippen LogP contribution in [0, 0.1) is 5.41 Å². The van der Waals surface area contributed by atoms with Gasteiger partial charge in [0.2, 0.25) is 0 Å². The molecule has 2 fully saturated rings. The van der Waals surface area contributed by atoms with E-state index in [1.54, 1.807) is 7.05 Å². The van der Waals surface area contributed by atoms with Crippen LogP contribution in [0.25, 0.3) is 0 Å². The predicted octanol–water partition coefficient (Wildman–Crippen LogP) is 0.820. The topological polar surface area (TPSA) is 60.9 Å². The molecule has 5 nitrogen and oxygen atoms in total. The van der Waals surface area contributed by atoms with Crippen LogP contribution in [0.1, 0.15) is 33.1 Å². The smallest absolute Gasteiger partial charge is 0.327 e. The minimum atomic E-state index is -0.403. The van der Waals surface area contributed by atoms with Crippen molar-refractivity contribution in [2.75, 3.05) is 13.6 Å². The lowest BCUT2D eigenvalue weighted by atomic mass is 9.71. The van der Waals surface area contributed by atoms with Gasteiger partial charge in [0, 0.05) is 13.1 Å². The number of nitrogens with zero attached hydrogens (tertiary/aromatic N) is 2. The number of hydrogen-bond acceptors (Lipinski definition) is 3. The SMILES string of the molecule is CN1CC(=O)N(C2CC(O)CCC2(C)C)C1=O. The molecule has 0 spiro atoms. The fourth-order valence-electron chi connectivity index (χ4n) is 2.80. The molecule has 1 saturated heterocycles. The molecule has 0 aromatic carbocycles. The summed E-state index contributed by atoms with van der Waals surface area (Å²) in [6.45, 7) is 4.27. The Morgan fingerprint density at radius 2 is 2.00 bits per heavy atom. The molecule has 0 aromatic heterocycles. The highest BCUT2D eigenvalue weighted by Gasteiger charge is 2.47. The van der Waals surface area contributed by atoms with Gasteiger partial charge in [0.05, 0.1) is 6.10 Å². The maximum Gasteiger partial charge on any atom is 0.327 e. The van der Waals surface area contributed by atoms with Crippen LogP contribution in [0.4, 0.5) is 4.79 Å². The van der Waals surface area contributed by atoms with Gasteiger partial charge in [-0.3, -0.25) is 9.69 Å². The molecule has 5 heteroatoms. The second-order valence-corrected chi connectivity index (χ2v) is 5.83. The molecule has 96 valence electrons. The molecule has 1 aliphatic carbocycles. The first-order valence-corrected chi connectivity index (χ1v) is 6.08. The molecule has 2 atom stereocenters. The van der Waals surface area contributed by atoms with Crippen LogP contribution in [0.3, 0.4) is 0 Å². The highest BCUT2D eigenvalue weighted by molar-refractivity contribution is 6.02. The van der Waals surface area contributed by atoms with Crippen molar-refractivity contribution in [1.29, 1.82) is 0 Å². The van der Waals surface area contributed by atoms with Crippen molar-refractivity contribution in [2.24, 2.45) is 5.41 Å². The van der Waals surface area contributed by atoms with Gasteiger partial charge in [0.25, 0.3) is 5.91 Å². The van der Waals surface area contributed by atoms with Gasteiger partial charge in [-0.15, -0.1) is 0 Å². The summed E-state index contributed by atoms with van der Waals surface area (Å²) in [4.78, 5) is 26.6. The van der Waals surface area contributed by atoms with Crippen LogP contribution in [0.2, 0.25) is 0 Å². The van der Waals surface area contributed by atoms with Gasteiger partial charge in [0.15, 0.2) is 0 Å². The first-order valence-electron chi connectivity index (χ1n) is 6.08. The summed E-state index contributed by atoms with van der Waals surface area (Å²) < 4.78 is 0. The van der Waals surface area contributed by atoms with Crippen LogP contribution in [-0.2, 0) is 4.79 Å². The first kappa shape index (κ1) is 12.4. The van der Waals surface area contributed by atoms with E-state index in [1.165, 1.54) is 9.80 Å². The number of amides is 3. The van der Waals surface area contributed by atoms with E-state index >= 15 is 0 Å². The van der Waals surface area contributed by atoms with E-state index in [4.69, 9.17) is 0 Å². The Kier molecular flexibility index (Phi) is 2.89. The van der Waals surface area contributed by atoms with Gasteiger partial charge in [-0.1, -0.05) is 13.8 Å². The fourth-order valence-corrected chi connectivity index (χ4v) is 2.80. The highest BCUT2D eigenvalue weighted by atomic mass is 16.3. The van der Waals surface area contributed by atoms with Crippen molar-refractivity contribution in [3.05, 3.63) is 0 Å². The number of carbonyl (C=O) groups is 2. The standard InChI is InChI=1S/C12H20N2O3/c1-12(2)5-4-8(15)6-9(12)14-10(16)7-13(3)11(14)17/h8-9,15H,4-7H2,1-3H3. The first-order chi connectivity index (χ1) is 7.83. The zero-order valence-electron chi connectivity index (χ0n) is 10.6. The van der Waals surface area contributed by atoms with Gasteiger partial charge in [0.1, 0.15) is 6.54 Å². The van der Waals surface area contributed by atoms with Gasteiger partial charge in [-0.2, -0.15) is 0 Å². The lowest BCUT2D eigenvalue weighted by molar-refractivity contribution is -0.130. The monoisotopic (exact) mass is 240 g/mol. The van der Waals surface area contributed by atoms with E-state index in [-0.39, 0.29) is 29.9 Å². The van der Waals surface area contributed by atoms with Crippen molar-refractivity contribution in [3.63, 3.8) is 0 Å². The van der Waals surface area contributed by atoms with Crippen LogP contribution in [-0.4, -0.2) is 52.6 Å². The Labute approximate surface area is 101 Å². The molecule has 0 radical (unpaired) electrons. The Morgan fingerprint density at radius 3 is 2.53 bits per heavy atom. The van der Waals surface area contributed by atoms with Crippen LogP contribution in [0.5, 0.6) is 0 Å². The highest BCUT2D eigenvalue weighted by Crippen LogP contribution is 2.40. The van der Waals surface area contributed by atoms with Gasteiger partial charge in [-0.05, 0) is 24.7 Å². The lowest BCUT2D eigenvalue weighted by Gasteiger charge is -2.44. The quantitative estimate of drug-likeness (QED) is 0.690. The largest absolute Gasteiger partial charge is 0.393 e. The number of hydrogen-bond donors (Lipinski definition) is 1. The molecule has 0 aromatic rings. The molecular formula is C12H20N2O3. The summed E-state index contributed by atoms with van der Waals surface area (Å²) in [6, 6.07) is -0.418. The van der Waals surface area contributed by atoms with Crippen LogP contribution in [0.15, 0.2) is 0 Å². The maximum absolute atomic E-state index is 12.0. The predicted molar refractivity (Wildman–Crippen MR) is 62.3 cm³/mol. The number of urea groups is 1. The number of aliphatic hydroxyl groups excluding tert-OH is 1. The molecule has 1 N–H and O–H groups in total. The summed E-state index contributed by atoms with van der Waals surface area (Å²) >= 11 is 0. The zero-order valence-corrected chi connectivity index (χ0v) is 10.6. The van der Waals surface area contributed by atoms with Crippen molar-refractivity contribution in [3.8, 4) is 0 Å². The Bertz CT molecular complexity index is 354. The molecule has 0 bridgehead atoms. The lowest BCUT2D eigenvalue weighted by Crippen LogP contribution is -2.52. The van der Waals surface area contributed by atoms with Crippen LogP contribution < -0.4 is 0 Å².